The molecule has 1 aliphatic carbocycles. The second kappa shape index (κ2) is 6.49. The summed E-state index contributed by atoms with van der Waals surface area (Å²) < 4.78 is 13.4. The van der Waals surface area contributed by atoms with E-state index < -0.39 is 5.54 Å². The second-order valence-corrected chi connectivity index (χ2v) is 5.58. The summed E-state index contributed by atoms with van der Waals surface area (Å²) in [6, 6.07) is 7.03. The lowest BCUT2D eigenvalue weighted by molar-refractivity contribution is 0.132. The molecule has 1 aromatic rings. The predicted octanol–water partition coefficient (Wildman–Crippen LogP) is 3.35. The van der Waals surface area contributed by atoms with Gasteiger partial charge in [-0.3, -0.25) is 0 Å². The molecule has 0 spiro atoms. The second-order valence-electron chi connectivity index (χ2n) is 5.58. The van der Waals surface area contributed by atoms with Crippen LogP contribution < -0.4 is 5.32 Å². The van der Waals surface area contributed by atoms with Gasteiger partial charge in [-0.05, 0) is 37.0 Å². The Morgan fingerprint density at radius 2 is 2.05 bits per heavy atom. The van der Waals surface area contributed by atoms with Crippen LogP contribution in [0, 0.1) is 5.82 Å². The molecule has 0 aliphatic heterocycles. The van der Waals surface area contributed by atoms with Crippen molar-refractivity contribution in [3.63, 3.8) is 0 Å². The number of hydrogen-bond donors (Lipinski definition) is 2. The maximum Gasteiger partial charge on any atom is 0.123 e. The molecule has 1 aliphatic rings. The van der Waals surface area contributed by atoms with Crippen molar-refractivity contribution in [1.29, 1.82) is 0 Å². The molecular formula is C16H24FNO. The largest absolute Gasteiger partial charge is 0.394 e. The number of nitrogens with one attached hydrogen (secondary N) is 1. The molecule has 2 N–H and O–H groups in total. The van der Waals surface area contributed by atoms with Gasteiger partial charge in [-0.2, -0.15) is 0 Å². The van der Waals surface area contributed by atoms with Gasteiger partial charge in [0, 0.05) is 6.04 Å². The minimum absolute atomic E-state index is 0.00343. The van der Waals surface area contributed by atoms with Crippen LogP contribution in [0.4, 0.5) is 4.39 Å². The molecule has 106 valence electrons. The van der Waals surface area contributed by atoms with Crippen LogP contribution in [-0.4, -0.2) is 17.8 Å². The lowest BCUT2D eigenvalue weighted by atomic mass is 9.84. The number of hydrogen-bond acceptors (Lipinski definition) is 2. The van der Waals surface area contributed by atoms with Crippen molar-refractivity contribution in [1.82, 2.24) is 5.32 Å². The van der Waals surface area contributed by atoms with E-state index in [4.69, 9.17) is 0 Å². The molecule has 0 aromatic heterocycles. The average Bonchev–Trinajstić information content (AvgIpc) is 2.46. The molecule has 0 saturated heterocycles. The van der Waals surface area contributed by atoms with Gasteiger partial charge in [0.25, 0.3) is 0 Å². The first-order valence-electron chi connectivity index (χ1n) is 7.35. The molecule has 1 aromatic carbocycles. The van der Waals surface area contributed by atoms with Crippen LogP contribution in [0.1, 0.15) is 51.0 Å². The lowest BCUT2D eigenvalue weighted by Crippen LogP contribution is -2.50. The summed E-state index contributed by atoms with van der Waals surface area (Å²) in [5.41, 5.74) is 0.340. The third-order valence-electron chi connectivity index (χ3n) is 4.34. The fraction of sp³-hybridized carbons (Fsp3) is 0.625. The average molecular weight is 265 g/mol. The standard InChI is InChI=1S/C16H24FNO/c1-2-16(12-19,13-7-6-8-14(17)11-13)18-15-9-4-3-5-10-15/h6-8,11,15,18-19H,2-5,9-10,12H2,1H3. The van der Waals surface area contributed by atoms with E-state index in [2.05, 4.69) is 5.32 Å². The summed E-state index contributed by atoms with van der Waals surface area (Å²) in [6.07, 6.45) is 6.84. The van der Waals surface area contributed by atoms with Gasteiger partial charge >= 0.3 is 0 Å². The monoisotopic (exact) mass is 265 g/mol. The molecule has 1 fully saturated rings. The highest BCUT2D eigenvalue weighted by molar-refractivity contribution is 5.25. The number of aliphatic hydroxyl groups excluding tert-OH is 1. The van der Waals surface area contributed by atoms with E-state index in [-0.39, 0.29) is 12.4 Å². The topological polar surface area (TPSA) is 32.3 Å². The van der Waals surface area contributed by atoms with Gasteiger partial charge in [-0.25, -0.2) is 4.39 Å². The number of rotatable bonds is 5. The van der Waals surface area contributed by atoms with Crippen LogP contribution in [0.2, 0.25) is 0 Å². The summed E-state index contributed by atoms with van der Waals surface area (Å²) in [5.74, 6) is -0.241. The molecule has 0 bridgehead atoms. The summed E-state index contributed by atoms with van der Waals surface area (Å²) in [4.78, 5) is 0. The minimum atomic E-state index is -0.510. The molecule has 0 heterocycles. The van der Waals surface area contributed by atoms with Crippen LogP contribution in [-0.2, 0) is 5.54 Å². The van der Waals surface area contributed by atoms with E-state index in [0.717, 1.165) is 24.8 Å². The van der Waals surface area contributed by atoms with Gasteiger partial charge in [0.2, 0.25) is 0 Å². The molecule has 0 amide bonds. The van der Waals surface area contributed by atoms with Crippen LogP contribution in [0.25, 0.3) is 0 Å². The minimum Gasteiger partial charge on any atom is -0.394 e. The van der Waals surface area contributed by atoms with Crippen molar-refractivity contribution in [3.8, 4) is 0 Å². The highest BCUT2D eigenvalue weighted by Crippen LogP contribution is 2.29. The van der Waals surface area contributed by atoms with E-state index in [1.54, 1.807) is 6.07 Å². The molecular weight excluding hydrogens is 241 g/mol. The maximum absolute atomic E-state index is 13.4. The molecule has 1 unspecified atom stereocenters. The maximum atomic E-state index is 13.4. The van der Waals surface area contributed by atoms with Crippen LogP contribution in [0.15, 0.2) is 24.3 Å². The van der Waals surface area contributed by atoms with E-state index in [1.807, 2.05) is 13.0 Å². The molecule has 1 saturated carbocycles. The Kier molecular flexibility index (Phi) is 4.94. The van der Waals surface area contributed by atoms with Crippen LogP contribution in [0.3, 0.4) is 0 Å². The normalized spacial score (nSPS) is 20.2. The fourth-order valence-corrected chi connectivity index (χ4v) is 3.06. The highest BCUT2D eigenvalue weighted by atomic mass is 19.1. The SMILES string of the molecule is CCC(CO)(NC1CCCCC1)c1cccc(F)c1. The van der Waals surface area contributed by atoms with Gasteiger partial charge in [-0.1, -0.05) is 38.3 Å². The first-order chi connectivity index (χ1) is 9.20. The van der Waals surface area contributed by atoms with E-state index in [9.17, 15) is 9.50 Å². The van der Waals surface area contributed by atoms with Gasteiger partial charge in [0.15, 0.2) is 0 Å². The highest BCUT2D eigenvalue weighted by Gasteiger charge is 2.32. The first kappa shape index (κ1) is 14.5. The Labute approximate surface area is 115 Å². The zero-order chi connectivity index (χ0) is 13.7. The van der Waals surface area contributed by atoms with Gasteiger partial charge in [-0.15, -0.1) is 0 Å². The Morgan fingerprint density at radius 3 is 2.63 bits per heavy atom. The third kappa shape index (κ3) is 3.34. The van der Waals surface area contributed by atoms with Crippen molar-refractivity contribution in [2.75, 3.05) is 6.61 Å². The zero-order valence-electron chi connectivity index (χ0n) is 11.7. The van der Waals surface area contributed by atoms with Crippen molar-refractivity contribution < 1.29 is 9.50 Å². The third-order valence-corrected chi connectivity index (χ3v) is 4.34. The predicted molar refractivity (Wildman–Crippen MR) is 75.5 cm³/mol. The summed E-state index contributed by atoms with van der Waals surface area (Å²) in [7, 11) is 0. The van der Waals surface area contributed by atoms with Crippen LogP contribution in [0.5, 0.6) is 0 Å². The van der Waals surface area contributed by atoms with Crippen molar-refractivity contribution in [2.45, 2.75) is 57.0 Å². The first-order valence-corrected chi connectivity index (χ1v) is 7.35. The van der Waals surface area contributed by atoms with Crippen molar-refractivity contribution >= 4 is 0 Å². The van der Waals surface area contributed by atoms with Crippen molar-refractivity contribution in [2.24, 2.45) is 0 Å². The Morgan fingerprint density at radius 1 is 1.32 bits per heavy atom. The fourth-order valence-electron chi connectivity index (χ4n) is 3.06. The zero-order valence-corrected chi connectivity index (χ0v) is 11.7. The van der Waals surface area contributed by atoms with Gasteiger partial charge in [0.05, 0.1) is 12.1 Å². The van der Waals surface area contributed by atoms with E-state index in [0.29, 0.717) is 6.04 Å². The molecule has 19 heavy (non-hydrogen) atoms. The quantitative estimate of drug-likeness (QED) is 0.855. The number of aliphatic hydroxyl groups is 1. The molecule has 2 nitrogen and oxygen atoms in total. The Balaban J connectivity index is 2.20. The Bertz CT molecular complexity index is 397. The number of halogens is 1. The smallest absolute Gasteiger partial charge is 0.123 e. The van der Waals surface area contributed by atoms with Gasteiger partial charge < -0.3 is 10.4 Å². The summed E-state index contributed by atoms with van der Waals surface area (Å²) >= 11 is 0. The Hall–Kier alpha value is -0.930. The summed E-state index contributed by atoms with van der Waals surface area (Å²) in [6.45, 7) is 2.04. The lowest BCUT2D eigenvalue weighted by Gasteiger charge is -2.38. The van der Waals surface area contributed by atoms with Crippen LogP contribution >= 0.6 is 0 Å². The number of benzene rings is 1. The van der Waals surface area contributed by atoms with E-state index >= 15 is 0 Å². The molecule has 2 rings (SSSR count). The summed E-state index contributed by atoms with van der Waals surface area (Å²) in [5, 5.41) is 13.5. The molecule has 0 radical (unpaired) electrons. The van der Waals surface area contributed by atoms with Crippen molar-refractivity contribution in [3.05, 3.63) is 35.6 Å². The van der Waals surface area contributed by atoms with E-state index in [1.165, 1.54) is 31.4 Å². The van der Waals surface area contributed by atoms with Gasteiger partial charge in [0.1, 0.15) is 5.82 Å². The molecule has 3 heteroatoms. The molecule has 1 atom stereocenters.